The van der Waals surface area contributed by atoms with Crippen molar-refractivity contribution in [3.05, 3.63) is 41.4 Å². The Labute approximate surface area is 338 Å². The van der Waals surface area contributed by atoms with Gasteiger partial charge in [-0.25, -0.2) is 0 Å². The van der Waals surface area contributed by atoms with Crippen molar-refractivity contribution < 1.29 is 76.5 Å². The summed E-state index contributed by atoms with van der Waals surface area (Å²) < 4.78 is 115. The van der Waals surface area contributed by atoms with Gasteiger partial charge in [0, 0.05) is 13.4 Å². The predicted octanol–water partition coefficient (Wildman–Crippen LogP) is -1.37. The first kappa shape index (κ1) is 29.6. The van der Waals surface area contributed by atoms with Crippen LogP contribution in [0.15, 0.2) is 35.3 Å². The molecule has 0 bridgehead atoms. The Balaban J connectivity index is -0.000000816. The van der Waals surface area contributed by atoms with Gasteiger partial charge in [-0.2, -0.15) is 0 Å². The molecule has 54 heavy (non-hydrogen) atoms. The van der Waals surface area contributed by atoms with E-state index in [1.807, 2.05) is 0 Å². The van der Waals surface area contributed by atoms with Crippen LogP contribution in [-0.4, -0.2) is 116 Å². The van der Waals surface area contributed by atoms with Crippen LogP contribution in [0.5, 0.6) is 0 Å². The summed E-state index contributed by atoms with van der Waals surface area (Å²) in [6, 6.07) is -8.05. The number of carboxylic acid groups (broad SMARTS) is 5. The molecule has 0 saturated carbocycles. The second-order valence-corrected chi connectivity index (χ2v) is 10.5. The van der Waals surface area contributed by atoms with Crippen LogP contribution in [0.25, 0.3) is 5.57 Å². The van der Waals surface area contributed by atoms with Gasteiger partial charge < -0.3 is 76.5 Å². The standard InChI is InChI=1S/C12H13NO2.C6H14N4O2.C6H14N2O2.C6H13NO2.C4H9NO3/c13-11(12(14)15)7-9-6-5-8-3-1-2-4-10(8)9;7-4(5(11)12)2-1-3-10-6(8)9;7-4-2-1-3-5(8)6(9)10;1-4(2)3-5(7)6(8)9;1-2(6)3(5)4(7)8/h1-4,6,11H,5,7,13H2,(H,14,15);4H,1-3,7H2,(H,11,12)(H4,8,9,10);5H,1-4,7-8H2,(H,9,10);4-5H,3,7H2,1-2H3,(H,8,9);2-3,6H,5H2,1H3,(H,7,8)/t11-;4-;2*5-;2?,3-/m01100/s1/i1+1D,3+1D,6+1D,11+1D;3+1D2,4+1D;4+1D2,5+1D;1+1D3,5+1D;2+1D,3+1D/t3m;4?,5-;m. The lowest BCUT2D eigenvalue weighted by atomic mass is 10.1. The third-order valence-electron chi connectivity index (χ3n) is 5.78. The highest BCUT2D eigenvalue weighted by Crippen LogP contribution is 2.30. The van der Waals surface area contributed by atoms with Gasteiger partial charge in [-0.3, -0.25) is 29.0 Å². The number of fused-ring (bicyclic) bond motifs is 1. The SMILES string of the molecule is [2H][13C](C)(O)[13C@]([2H])(N)C(=O)O.[2H][13C]([2H])(CC[13C@@]([2H])(N)C(=O)O)N=C(N)N.[2H][13C]([2H])(N)CCC[13C@@]([2H])(N)C(=O)O.[2H][13C]([2H])([2H])C(C)C[13C@]([2H])(N)C(=O)O.[2H][13C]1=C(C[13C@]([2H])(N)C(=O)O)c2cc[13c]([2H])[13c]([2H])c2C1. The predicted molar refractivity (Wildman–Crippen MR) is 205 cm³/mol. The molecule has 0 spiro atoms. The highest BCUT2D eigenvalue weighted by atomic mass is 16.4. The molecule has 0 saturated heterocycles. The van der Waals surface area contributed by atoms with Gasteiger partial charge in [0.05, 0.1) is 21.2 Å². The maximum absolute atomic E-state index is 10.9. The van der Waals surface area contributed by atoms with Crippen molar-refractivity contribution in [1.82, 2.24) is 0 Å². The third-order valence-corrected chi connectivity index (χ3v) is 5.78. The number of carbonyl (C=O) groups is 5. The molecule has 1 aromatic rings. The molecule has 1 aliphatic carbocycles. The molecule has 22 N–H and O–H groups in total. The minimum atomic E-state index is -2.67. The zero-order chi connectivity index (χ0) is 56.8. The van der Waals surface area contributed by atoms with E-state index in [9.17, 15) is 24.0 Å². The highest BCUT2D eigenvalue weighted by molar-refractivity contribution is 5.80. The lowest BCUT2D eigenvalue weighted by molar-refractivity contribution is -0.141. The van der Waals surface area contributed by atoms with Crippen LogP contribution >= 0.6 is 0 Å². The van der Waals surface area contributed by atoms with Crippen molar-refractivity contribution in [3.8, 4) is 0 Å². The summed E-state index contributed by atoms with van der Waals surface area (Å²) in [5, 5.41) is 51.1. The summed E-state index contributed by atoms with van der Waals surface area (Å²) >= 11 is 0. The second kappa shape index (κ2) is 30.7. The maximum Gasteiger partial charge on any atom is 0.323 e. The number of aliphatic carboxylic acids is 5. The third kappa shape index (κ3) is 28.8. The van der Waals surface area contributed by atoms with Gasteiger partial charge in [-0.1, -0.05) is 50.5 Å². The summed E-state index contributed by atoms with van der Waals surface area (Å²) in [7, 11) is 0. The Hall–Kier alpha value is -4.70. The molecule has 0 radical (unpaired) electrons. The van der Waals surface area contributed by atoms with E-state index < -0.39 is 111 Å². The zero-order valence-corrected chi connectivity index (χ0v) is 29.7. The van der Waals surface area contributed by atoms with E-state index in [2.05, 4.69) is 4.99 Å². The van der Waals surface area contributed by atoms with Crippen LogP contribution < -0.4 is 45.9 Å². The van der Waals surface area contributed by atoms with Crippen molar-refractivity contribution in [2.24, 2.45) is 56.8 Å². The highest BCUT2D eigenvalue weighted by Gasteiger charge is 2.19. The molecule has 2 unspecified atom stereocenters. The largest absolute Gasteiger partial charge is 0.480 e. The molecule has 20 heteroatoms. The van der Waals surface area contributed by atoms with E-state index in [0.29, 0.717) is 16.7 Å². The molecule has 1 aromatic carbocycles. The number of aliphatic imine (C=N–C) groups is 1. The first-order valence-electron chi connectivity index (χ1n) is 23.2. The van der Waals surface area contributed by atoms with Crippen molar-refractivity contribution >= 4 is 41.4 Å². The molecule has 1 aliphatic rings. The molecule has 0 amide bonds. The van der Waals surface area contributed by atoms with Crippen LogP contribution in [-0.2, 0) is 30.4 Å². The maximum atomic E-state index is 10.9. The molecule has 7 atom stereocenters. The summed E-state index contributed by atoms with van der Waals surface area (Å²) in [4.78, 5) is 55.4. The van der Waals surface area contributed by atoms with Crippen molar-refractivity contribution in [2.75, 3.05) is 13.0 Å². The number of hydrogen-bond acceptors (Lipinski definition) is 13. The average molecular weight is 802 g/mol. The molecule has 0 aliphatic heterocycles. The number of hydrogen-bond donors (Lipinski definition) is 14. The number of nitrogens with two attached hydrogens (primary N) is 8. The van der Waals surface area contributed by atoms with Crippen LogP contribution in [0.1, 0.15) is 98.7 Å². The Morgan fingerprint density at radius 3 is 1.78 bits per heavy atom. The Kier molecular flexibility index (Phi) is 16.9. The van der Waals surface area contributed by atoms with Crippen LogP contribution in [0, 0.1) is 5.92 Å². The van der Waals surface area contributed by atoms with Gasteiger partial charge in [0.1, 0.15) is 30.1 Å². The van der Waals surface area contributed by atoms with Gasteiger partial charge >= 0.3 is 29.8 Å². The minimum Gasteiger partial charge on any atom is -0.480 e. The molecule has 0 aromatic heterocycles. The Bertz CT molecular complexity index is 2040. The molecule has 0 fully saturated rings. The molecule has 0 heterocycles. The number of benzene rings is 1. The lowest BCUT2D eigenvalue weighted by Gasteiger charge is -2.08. The normalized spacial score (nSPS) is 23.6. The molecular weight excluding hydrogens is 722 g/mol. The molecule has 310 valence electrons. The number of allylic oxidation sites excluding steroid dienone is 1. The van der Waals surface area contributed by atoms with Crippen molar-refractivity contribution in [1.29, 1.82) is 0 Å². The Morgan fingerprint density at radius 1 is 0.852 bits per heavy atom. The van der Waals surface area contributed by atoms with Gasteiger partial charge in [0.2, 0.25) is 0 Å². The number of rotatable bonds is 18. The van der Waals surface area contributed by atoms with Crippen LogP contribution in [0.2, 0.25) is 0 Å². The summed E-state index contributed by atoms with van der Waals surface area (Å²) in [6.45, 7) is -4.00. The topological polar surface area (TPSA) is 427 Å². The summed E-state index contributed by atoms with van der Waals surface area (Å²) in [6.07, 6.45) is -3.66. The number of nitrogens with zero attached hydrogens (tertiary/aromatic N) is 1. The van der Waals surface area contributed by atoms with Crippen molar-refractivity contribution in [2.45, 2.75) is 108 Å². The lowest BCUT2D eigenvalue weighted by Crippen LogP contribution is -2.39. The number of aliphatic hydroxyl groups is 1. The smallest absolute Gasteiger partial charge is 0.323 e. The van der Waals surface area contributed by atoms with E-state index >= 15 is 0 Å². The fourth-order valence-corrected chi connectivity index (χ4v) is 3.06. The second-order valence-electron chi connectivity index (χ2n) is 10.5. The summed E-state index contributed by atoms with van der Waals surface area (Å²) in [5.41, 5.74) is 41.9. The quantitative estimate of drug-likeness (QED) is 0.0462. The molecule has 2 rings (SSSR count). The zero-order valence-electron chi connectivity index (χ0n) is 45.7. The van der Waals surface area contributed by atoms with E-state index in [-0.39, 0.29) is 56.7 Å². The fourth-order valence-electron chi connectivity index (χ4n) is 3.06. The monoisotopic (exact) mass is 802 g/mol. The van der Waals surface area contributed by atoms with Crippen LogP contribution in [0.4, 0.5) is 0 Å². The summed E-state index contributed by atoms with van der Waals surface area (Å²) in [5.74, 6) is -8.97. The molecular formula is C34H63N9O11. The fraction of sp³-hybridized carbons (Fsp3) is 0.588. The van der Waals surface area contributed by atoms with E-state index in [0.717, 1.165) is 6.92 Å². The van der Waals surface area contributed by atoms with Gasteiger partial charge in [-0.15, -0.1) is 0 Å². The number of carboxylic acids is 5. The minimum absolute atomic E-state index is 0.00188. The average Bonchev–Trinajstić information content (AvgIpc) is 3.45. The Morgan fingerprint density at radius 2 is 1.37 bits per heavy atom. The van der Waals surface area contributed by atoms with Crippen molar-refractivity contribution in [3.63, 3.8) is 0 Å². The van der Waals surface area contributed by atoms with Gasteiger partial charge in [-0.05, 0) is 81.0 Å². The first-order chi connectivity index (χ1) is 30.7. The van der Waals surface area contributed by atoms with E-state index in [1.54, 1.807) is 6.07 Å². The first-order valence-corrected chi connectivity index (χ1v) is 15.2. The number of guanidine groups is 1. The van der Waals surface area contributed by atoms with E-state index in [1.165, 1.54) is 13.0 Å². The van der Waals surface area contributed by atoms with Crippen LogP contribution in [0.3, 0.4) is 0 Å². The van der Waals surface area contributed by atoms with Gasteiger partial charge in [0.25, 0.3) is 0 Å². The molecule has 20 nitrogen and oxygen atoms in total. The van der Waals surface area contributed by atoms with Gasteiger partial charge in [0.15, 0.2) is 5.96 Å². The van der Waals surface area contributed by atoms with E-state index in [4.69, 9.17) is 98.4 Å².